The van der Waals surface area contributed by atoms with Gasteiger partial charge in [-0.1, -0.05) is 19.1 Å². The van der Waals surface area contributed by atoms with Crippen molar-refractivity contribution in [2.45, 2.75) is 13.8 Å². The van der Waals surface area contributed by atoms with Crippen molar-refractivity contribution in [2.75, 3.05) is 38.0 Å². The quantitative estimate of drug-likeness (QED) is 0.939. The molecule has 1 amide bonds. The van der Waals surface area contributed by atoms with Crippen LogP contribution in [0.5, 0.6) is 0 Å². The van der Waals surface area contributed by atoms with E-state index in [-0.39, 0.29) is 5.91 Å². The largest absolute Gasteiger partial charge is 0.354 e. The predicted octanol–water partition coefficient (Wildman–Crippen LogP) is 2.91. The summed E-state index contributed by atoms with van der Waals surface area (Å²) < 4.78 is 0. The van der Waals surface area contributed by atoms with E-state index in [2.05, 4.69) is 41.2 Å². The van der Waals surface area contributed by atoms with E-state index < -0.39 is 0 Å². The molecule has 5 nitrogen and oxygen atoms in total. The molecule has 2 heterocycles. The van der Waals surface area contributed by atoms with Crippen LogP contribution in [0.25, 0.3) is 0 Å². The highest BCUT2D eigenvalue weighted by Crippen LogP contribution is 2.17. The molecular formula is C19H24N4O. The number of benzene rings is 1. The number of rotatable bonds is 4. The average Bonchev–Trinajstić information content (AvgIpc) is 2.62. The molecule has 0 spiro atoms. The van der Waals surface area contributed by atoms with Crippen LogP contribution >= 0.6 is 0 Å². The minimum Gasteiger partial charge on any atom is -0.354 e. The fourth-order valence-electron chi connectivity index (χ4n) is 2.91. The summed E-state index contributed by atoms with van der Waals surface area (Å²) in [5.41, 5.74) is 3.61. The Bertz CT molecular complexity index is 691. The van der Waals surface area contributed by atoms with E-state index in [1.807, 2.05) is 23.1 Å². The highest BCUT2D eigenvalue weighted by atomic mass is 16.2. The van der Waals surface area contributed by atoms with Crippen molar-refractivity contribution in [2.24, 2.45) is 0 Å². The molecule has 1 aromatic heterocycles. The summed E-state index contributed by atoms with van der Waals surface area (Å²) >= 11 is 0. The molecule has 126 valence electrons. The zero-order valence-corrected chi connectivity index (χ0v) is 14.3. The third-order valence-electron chi connectivity index (χ3n) is 4.40. The Balaban J connectivity index is 1.63. The number of pyridine rings is 1. The van der Waals surface area contributed by atoms with Gasteiger partial charge >= 0.3 is 0 Å². The number of hydrogen-bond acceptors (Lipinski definition) is 4. The Kier molecular flexibility index (Phi) is 5.11. The number of carbonyl (C=O) groups is 1. The second-order valence-corrected chi connectivity index (χ2v) is 6.15. The van der Waals surface area contributed by atoms with Gasteiger partial charge in [0.1, 0.15) is 5.69 Å². The van der Waals surface area contributed by atoms with Gasteiger partial charge in [-0.25, -0.2) is 4.98 Å². The number of anilines is 2. The van der Waals surface area contributed by atoms with Crippen molar-refractivity contribution < 1.29 is 4.79 Å². The molecule has 1 aliphatic rings. The van der Waals surface area contributed by atoms with Crippen LogP contribution in [0.4, 0.5) is 11.4 Å². The molecule has 0 aliphatic carbocycles. The molecule has 24 heavy (non-hydrogen) atoms. The standard InChI is InChI=1S/C19H24N4O/c1-3-22-9-11-23(12-10-22)19(24)18-8-7-17(14-20-18)21-16-6-4-5-15(2)13-16/h4-8,13-14,21H,3,9-12H2,1-2H3. The molecule has 1 saturated heterocycles. The van der Waals surface area contributed by atoms with Crippen LogP contribution in [0, 0.1) is 6.92 Å². The maximum atomic E-state index is 12.5. The number of nitrogens with zero attached hydrogens (tertiary/aromatic N) is 3. The number of hydrogen-bond donors (Lipinski definition) is 1. The van der Waals surface area contributed by atoms with Gasteiger partial charge in [-0.2, -0.15) is 0 Å². The van der Waals surface area contributed by atoms with E-state index in [9.17, 15) is 4.79 Å². The molecule has 0 unspecified atom stereocenters. The SMILES string of the molecule is CCN1CCN(C(=O)c2ccc(Nc3cccc(C)c3)cn2)CC1. The van der Waals surface area contributed by atoms with Gasteiger partial charge in [-0.05, 0) is 43.3 Å². The van der Waals surface area contributed by atoms with Gasteiger partial charge < -0.3 is 15.1 Å². The van der Waals surface area contributed by atoms with Crippen LogP contribution in [-0.4, -0.2) is 53.4 Å². The topological polar surface area (TPSA) is 48.5 Å². The Labute approximate surface area is 143 Å². The summed E-state index contributed by atoms with van der Waals surface area (Å²) in [6, 6.07) is 11.9. The molecule has 1 N–H and O–H groups in total. The molecule has 1 fully saturated rings. The third-order valence-corrected chi connectivity index (χ3v) is 4.40. The van der Waals surface area contributed by atoms with Crippen molar-refractivity contribution >= 4 is 17.3 Å². The molecule has 3 rings (SSSR count). The van der Waals surface area contributed by atoms with Gasteiger partial charge in [-0.3, -0.25) is 4.79 Å². The van der Waals surface area contributed by atoms with E-state index in [0.29, 0.717) is 5.69 Å². The van der Waals surface area contributed by atoms with Gasteiger partial charge in [0.25, 0.3) is 5.91 Å². The van der Waals surface area contributed by atoms with Gasteiger partial charge in [0.15, 0.2) is 0 Å². The first-order valence-corrected chi connectivity index (χ1v) is 8.47. The lowest BCUT2D eigenvalue weighted by Gasteiger charge is -2.33. The monoisotopic (exact) mass is 324 g/mol. The van der Waals surface area contributed by atoms with E-state index >= 15 is 0 Å². The number of carbonyl (C=O) groups excluding carboxylic acids is 1. The Morgan fingerprint density at radius 1 is 1.12 bits per heavy atom. The summed E-state index contributed by atoms with van der Waals surface area (Å²) in [4.78, 5) is 21.1. The maximum Gasteiger partial charge on any atom is 0.272 e. The second-order valence-electron chi connectivity index (χ2n) is 6.15. The minimum absolute atomic E-state index is 0.0212. The molecule has 0 atom stereocenters. The highest BCUT2D eigenvalue weighted by Gasteiger charge is 2.21. The number of nitrogens with one attached hydrogen (secondary N) is 1. The van der Waals surface area contributed by atoms with Crippen LogP contribution in [0.1, 0.15) is 23.0 Å². The van der Waals surface area contributed by atoms with Gasteiger partial charge in [-0.15, -0.1) is 0 Å². The number of amides is 1. The van der Waals surface area contributed by atoms with E-state index in [1.165, 1.54) is 5.56 Å². The Morgan fingerprint density at radius 3 is 2.54 bits per heavy atom. The van der Waals surface area contributed by atoms with Gasteiger partial charge in [0.2, 0.25) is 0 Å². The lowest BCUT2D eigenvalue weighted by atomic mass is 10.2. The zero-order valence-electron chi connectivity index (χ0n) is 14.3. The number of aryl methyl sites for hydroxylation is 1. The van der Waals surface area contributed by atoms with Crippen LogP contribution in [0.15, 0.2) is 42.6 Å². The van der Waals surface area contributed by atoms with Crippen LogP contribution < -0.4 is 5.32 Å². The van der Waals surface area contributed by atoms with Crippen molar-refractivity contribution in [3.05, 3.63) is 53.9 Å². The van der Waals surface area contributed by atoms with E-state index in [1.54, 1.807) is 12.3 Å². The third kappa shape index (κ3) is 3.92. The van der Waals surface area contributed by atoms with Crippen LogP contribution in [0.2, 0.25) is 0 Å². The maximum absolute atomic E-state index is 12.5. The first-order valence-electron chi connectivity index (χ1n) is 8.47. The molecule has 0 bridgehead atoms. The summed E-state index contributed by atoms with van der Waals surface area (Å²) in [6.45, 7) is 8.68. The smallest absolute Gasteiger partial charge is 0.272 e. The Hall–Kier alpha value is -2.40. The normalized spacial score (nSPS) is 15.3. The highest BCUT2D eigenvalue weighted by molar-refractivity contribution is 5.92. The average molecular weight is 324 g/mol. The van der Waals surface area contributed by atoms with Crippen molar-refractivity contribution in [1.29, 1.82) is 0 Å². The van der Waals surface area contributed by atoms with E-state index in [4.69, 9.17) is 0 Å². The van der Waals surface area contributed by atoms with Crippen molar-refractivity contribution in [3.8, 4) is 0 Å². The molecule has 1 aromatic carbocycles. The predicted molar refractivity (Wildman–Crippen MR) is 96.7 cm³/mol. The molecule has 1 aliphatic heterocycles. The van der Waals surface area contributed by atoms with Crippen LogP contribution in [0.3, 0.4) is 0 Å². The van der Waals surface area contributed by atoms with E-state index in [0.717, 1.165) is 44.1 Å². The number of piperazine rings is 1. The Morgan fingerprint density at radius 2 is 1.92 bits per heavy atom. The molecule has 5 heteroatoms. The van der Waals surface area contributed by atoms with Gasteiger partial charge in [0.05, 0.1) is 11.9 Å². The zero-order chi connectivity index (χ0) is 16.9. The van der Waals surface area contributed by atoms with Crippen molar-refractivity contribution in [3.63, 3.8) is 0 Å². The summed E-state index contributed by atoms with van der Waals surface area (Å²) in [6.07, 6.45) is 1.72. The first-order chi connectivity index (χ1) is 11.7. The molecule has 0 saturated carbocycles. The molecule has 2 aromatic rings. The van der Waals surface area contributed by atoms with Crippen molar-refractivity contribution in [1.82, 2.24) is 14.8 Å². The van der Waals surface area contributed by atoms with Crippen LogP contribution in [-0.2, 0) is 0 Å². The summed E-state index contributed by atoms with van der Waals surface area (Å²) in [5, 5.41) is 3.31. The summed E-state index contributed by atoms with van der Waals surface area (Å²) in [5.74, 6) is 0.0212. The fraction of sp³-hybridized carbons (Fsp3) is 0.368. The number of likely N-dealkylation sites (N-methyl/N-ethyl adjacent to an activating group) is 1. The fourth-order valence-corrected chi connectivity index (χ4v) is 2.91. The summed E-state index contributed by atoms with van der Waals surface area (Å²) in [7, 11) is 0. The first kappa shape index (κ1) is 16.5. The molecular weight excluding hydrogens is 300 g/mol. The lowest BCUT2D eigenvalue weighted by Crippen LogP contribution is -2.48. The second kappa shape index (κ2) is 7.45. The van der Waals surface area contributed by atoms with Gasteiger partial charge in [0, 0.05) is 31.9 Å². The molecule has 0 radical (unpaired) electrons. The lowest BCUT2D eigenvalue weighted by molar-refractivity contribution is 0.0637. The number of aromatic nitrogens is 1. The minimum atomic E-state index is 0.0212.